The van der Waals surface area contributed by atoms with Crippen LogP contribution in [0.1, 0.15) is 10.4 Å². The van der Waals surface area contributed by atoms with E-state index in [0.717, 1.165) is 24.9 Å². The van der Waals surface area contributed by atoms with Gasteiger partial charge in [-0.15, -0.1) is 0 Å². The predicted octanol–water partition coefficient (Wildman–Crippen LogP) is 0.114. The molecule has 3 N–H and O–H groups in total. The molecule has 18 heavy (non-hydrogen) atoms. The van der Waals surface area contributed by atoms with Crippen molar-refractivity contribution in [2.75, 3.05) is 24.9 Å². The Hall–Kier alpha value is -0.833. The van der Waals surface area contributed by atoms with Gasteiger partial charge in [0, 0.05) is 0 Å². The molecule has 1 atom stereocenters. The summed E-state index contributed by atoms with van der Waals surface area (Å²) in [7, 11) is 0. The van der Waals surface area contributed by atoms with Crippen molar-refractivity contribution in [3.63, 3.8) is 0 Å². The summed E-state index contributed by atoms with van der Waals surface area (Å²) in [6.07, 6.45) is -0.0568. The van der Waals surface area contributed by atoms with Crippen molar-refractivity contribution in [1.29, 1.82) is 0 Å². The summed E-state index contributed by atoms with van der Waals surface area (Å²) >= 11 is 2.14. The van der Waals surface area contributed by atoms with E-state index in [9.17, 15) is 4.79 Å². The number of nitrogens with two attached hydrogens (primary N) is 1. The second kappa shape index (κ2) is 8.30. The molecule has 0 spiro atoms. The Morgan fingerprint density at radius 3 is 2.56 bits per heavy atom. The van der Waals surface area contributed by atoms with Gasteiger partial charge in [-0.1, -0.05) is 18.2 Å². The van der Waals surface area contributed by atoms with Crippen LogP contribution in [-0.4, -0.2) is 64.8 Å². The van der Waals surface area contributed by atoms with Crippen LogP contribution < -0.4 is 5.73 Å². The normalized spacial score (nSPS) is 19.8. The van der Waals surface area contributed by atoms with Crippen molar-refractivity contribution in [1.82, 2.24) is 4.90 Å². The zero-order valence-electron chi connectivity index (χ0n) is 10.6. The Morgan fingerprint density at radius 2 is 2.17 bits per heavy atom. The quantitative estimate of drug-likeness (QED) is 0.722. The number of aromatic carboxylic acids is 1. The third-order valence-electron chi connectivity index (χ3n) is 2.65. The average Bonchev–Trinajstić information content (AvgIpc) is 2.40. The van der Waals surface area contributed by atoms with E-state index in [4.69, 9.17) is 15.6 Å². The van der Waals surface area contributed by atoms with Gasteiger partial charge in [0.15, 0.2) is 0 Å². The number of rotatable bonds is 2. The molecule has 1 fully saturated rings. The molecular weight excluding hydrogens is 227 g/mol. The fraction of sp³-hybridized carbons (Fsp3) is 0.417. The molecule has 6 heteroatoms. The zero-order valence-corrected chi connectivity index (χ0v) is 10.6. The fourth-order valence-corrected chi connectivity index (χ4v) is 1.60. The fourth-order valence-electron chi connectivity index (χ4n) is 1.60. The molecule has 1 aliphatic rings. The van der Waals surface area contributed by atoms with Crippen molar-refractivity contribution in [2.45, 2.75) is 6.23 Å². The summed E-state index contributed by atoms with van der Waals surface area (Å²) in [5.41, 5.74) is 5.87. The van der Waals surface area contributed by atoms with Crippen LogP contribution in [0.25, 0.3) is 0 Å². The molecule has 0 aliphatic carbocycles. The third-order valence-corrected chi connectivity index (χ3v) is 2.65. The van der Waals surface area contributed by atoms with Gasteiger partial charge in [-0.3, -0.25) is 0 Å². The van der Waals surface area contributed by atoms with Gasteiger partial charge in [-0.05, 0) is 12.1 Å². The van der Waals surface area contributed by atoms with E-state index in [-0.39, 0.29) is 6.23 Å². The minimum atomic E-state index is -0.879. The van der Waals surface area contributed by atoms with Crippen molar-refractivity contribution < 1.29 is 14.6 Å². The average molecular weight is 244 g/mol. The molecule has 1 aromatic carbocycles. The van der Waals surface area contributed by atoms with E-state index in [1.807, 2.05) is 0 Å². The maximum atomic E-state index is 10.2. The van der Waals surface area contributed by atoms with Gasteiger partial charge in [0.1, 0.15) is 0 Å². The van der Waals surface area contributed by atoms with Gasteiger partial charge < -0.3 is 5.11 Å². The molecule has 0 saturated carbocycles. The number of hydrogen-bond acceptors (Lipinski definition) is 4. The topological polar surface area (TPSA) is 75.8 Å². The van der Waals surface area contributed by atoms with Crippen molar-refractivity contribution in [2.24, 2.45) is 5.73 Å². The number of benzene rings is 1. The summed E-state index contributed by atoms with van der Waals surface area (Å²) in [4.78, 5) is 12.5. The number of morpholine rings is 1. The van der Waals surface area contributed by atoms with Crippen LogP contribution in [0.2, 0.25) is 0 Å². The molecule has 0 amide bonds. The van der Waals surface area contributed by atoms with Crippen LogP contribution in [0.15, 0.2) is 30.3 Å². The van der Waals surface area contributed by atoms with Crippen LogP contribution in [0.4, 0.5) is 0 Å². The Labute approximate surface area is 116 Å². The van der Waals surface area contributed by atoms with Gasteiger partial charge in [0.2, 0.25) is 0 Å². The second-order valence-electron chi connectivity index (χ2n) is 3.97. The Morgan fingerprint density at radius 1 is 1.50 bits per heavy atom. The van der Waals surface area contributed by atoms with E-state index >= 15 is 0 Å². The van der Waals surface area contributed by atoms with Crippen LogP contribution in [-0.2, 0) is 4.74 Å². The number of carbonyl (C=O) groups is 1. The van der Waals surface area contributed by atoms with Crippen molar-refractivity contribution in [3.8, 4) is 0 Å². The number of nitrogens with zero attached hydrogens (tertiary/aromatic N) is 1. The summed E-state index contributed by atoms with van der Waals surface area (Å²) in [6.45, 7) is 2.70. The Bertz CT molecular complexity index is 362. The molecule has 2 rings (SSSR count). The molecule has 0 radical (unpaired) electrons. The molecular formula is C12H17LiN2O3. The van der Waals surface area contributed by atoms with Gasteiger partial charge in [0.05, 0.1) is 5.56 Å². The van der Waals surface area contributed by atoms with Crippen molar-refractivity contribution >= 4 is 23.7 Å². The predicted molar refractivity (Wildman–Crippen MR) is 69.5 cm³/mol. The molecule has 5 nitrogen and oxygen atoms in total. The Kier molecular flexibility index (Phi) is 7.02. The monoisotopic (exact) mass is 244 g/mol. The summed E-state index contributed by atoms with van der Waals surface area (Å²) in [5.74, 6) is -0.879. The Balaban J connectivity index is 0.000000180. The van der Waals surface area contributed by atoms with Gasteiger partial charge >= 0.3 is 70.2 Å². The summed E-state index contributed by atoms with van der Waals surface area (Å²) < 4.78 is 5.15. The summed E-state index contributed by atoms with van der Waals surface area (Å²) in [6, 6.07) is 8.30. The molecule has 1 aliphatic heterocycles. The standard InChI is InChI=1S/C7H6O2.C5H11N2O.Li/c8-7(9)6-4-2-1-3-5-6;1-7-2-3-8-5(6)4-7;/h1-5H,(H,8,9);5H,1-4,6H2;. The van der Waals surface area contributed by atoms with E-state index in [0.29, 0.717) is 5.56 Å². The number of hydrogen-bond donors (Lipinski definition) is 2. The van der Waals surface area contributed by atoms with Crippen LogP contribution in [0.3, 0.4) is 0 Å². The van der Waals surface area contributed by atoms with E-state index < -0.39 is 5.97 Å². The van der Waals surface area contributed by atoms with Gasteiger partial charge in [-0.2, -0.15) is 0 Å². The molecule has 0 bridgehead atoms. The molecule has 0 aromatic heterocycles. The minimum absolute atomic E-state index is 0.0568. The first kappa shape index (κ1) is 15.2. The first-order valence-electron chi connectivity index (χ1n) is 6.01. The van der Waals surface area contributed by atoms with E-state index in [1.54, 1.807) is 30.3 Å². The van der Waals surface area contributed by atoms with Crippen molar-refractivity contribution in [3.05, 3.63) is 35.9 Å². The van der Waals surface area contributed by atoms with Crippen LogP contribution in [0, 0.1) is 0 Å². The molecule has 94 valence electrons. The maximum absolute atomic E-state index is 10.2. The molecule has 1 heterocycles. The van der Waals surface area contributed by atoms with Crippen LogP contribution >= 0.6 is 0 Å². The second-order valence-corrected chi connectivity index (χ2v) is 3.97. The molecule has 1 saturated heterocycles. The number of carboxylic acid groups (broad SMARTS) is 1. The third kappa shape index (κ3) is 5.67. The van der Waals surface area contributed by atoms with Crippen LogP contribution in [0.5, 0.6) is 0 Å². The van der Waals surface area contributed by atoms with E-state index in [1.165, 1.54) is 0 Å². The van der Waals surface area contributed by atoms with Gasteiger partial charge in [0.25, 0.3) is 0 Å². The SMILES string of the molecule is O=C(O)c1ccccc1.[Li][CH2]N1CCOC(N)C1. The molecule has 1 aromatic rings. The number of ether oxygens (including phenoxy) is 1. The number of carboxylic acids is 1. The summed E-state index contributed by atoms with van der Waals surface area (Å²) in [5, 5.41) is 9.47. The first-order valence-corrected chi connectivity index (χ1v) is 6.01. The van der Waals surface area contributed by atoms with Gasteiger partial charge in [-0.25, -0.2) is 4.79 Å². The van der Waals surface area contributed by atoms with E-state index in [2.05, 4.69) is 22.6 Å². The first-order chi connectivity index (χ1) is 8.63. The zero-order chi connectivity index (χ0) is 13.4. The molecule has 1 unspecified atom stereocenters.